The number of methoxy groups -OCH3 is 1. The van der Waals surface area contributed by atoms with E-state index in [9.17, 15) is 4.79 Å². The molecule has 3 heteroatoms. The van der Waals surface area contributed by atoms with Crippen molar-refractivity contribution in [1.82, 2.24) is 0 Å². The number of benzene rings is 1. The summed E-state index contributed by atoms with van der Waals surface area (Å²) in [6.07, 6.45) is 7.24. The van der Waals surface area contributed by atoms with Gasteiger partial charge < -0.3 is 9.47 Å². The summed E-state index contributed by atoms with van der Waals surface area (Å²) in [7, 11) is 1.44. The SMILES string of the molecule is COC(=O)CCCCCCCCOc1ccc(C(C)C)cc1. The van der Waals surface area contributed by atoms with Crippen LogP contribution in [0.5, 0.6) is 5.75 Å². The number of ether oxygens (including phenoxy) is 2. The number of esters is 1. The third-order valence-corrected chi connectivity index (χ3v) is 3.82. The van der Waals surface area contributed by atoms with Crippen LogP contribution in [-0.2, 0) is 9.53 Å². The van der Waals surface area contributed by atoms with Crippen LogP contribution in [0.25, 0.3) is 0 Å². The van der Waals surface area contributed by atoms with Crippen molar-refractivity contribution in [2.24, 2.45) is 0 Å². The Balaban J connectivity index is 1.98. The Labute approximate surface area is 135 Å². The predicted octanol–water partition coefficient (Wildman–Crippen LogP) is 5.09. The minimum atomic E-state index is -0.100. The first-order chi connectivity index (χ1) is 10.6. The minimum absolute atomic E-state index is 0.100. The first kappa shape index (κ1) is 18.5. The average Bonchev–Trinajstić information content (AvgIpc) is 2.53. The summed E-state index contributed by atoms with van der Waals surface area (Å²) in [5, 5.41) is 0. The smallest absolute Gasteiger partial charge is 0.305 e. The van der Waals surface area contributed by atoms with Crippen molar-refractivity contribution < 1.29 is 14.3 Å². The molecule has 0 saturated heterocycles. The normalized spacial score (nSPS) is 10.7. The molecule has 0 N–H and O–H groups in total. The maximum atomic E-state index is 10.9. The molecule has 0 aliphatic heterocycles. The van der Waals surface area contributed by atoms with E-state index < -0.39 is 0 Å². The van der Waals surface area contributed by atoms with Crippen LogP contribution in [0.1, 0.15) is 70.3 Å². The molecular formula is C19H30O3. The van der Waals surface area contributed by atoms with Crippen molar-refractivity contribution in [2.75, 3.05) is 13.7 Å². The standard InChI is InChI=1S/C19H30O3/c1-16(2)17-11-13-18(14-12-17)22-15-9-7-5-4-6-8-10-19(20)21-3/h11-14,16H,4-10,15H2,1-3H3. The maximum Gasteiger partial charge on any atom is 0.305 e. The Bertz CT molecular complexity index is 409. The number of carbonyl (C=O) groups excluding carboxylic acids is 1. The molecule has 22 heavy (non-hydrogen) atoms. The van der Waals surface area contributed by atoms with Crippen LogP contribution < -0.4 is 4.74 Å². The molecule has 0 unspecified atom stereocenters. The van der Waals surface area contributed by atoms with Crippen molar-refractivity contribution in [3.05, 3.63) is 29.8 Å². The lowest BCUT2D eigenvalue weighted by Crippen LogP contribution is -1.99. The van der Waals surface area contributed by atoms with E-state index in [1.54, 1.807) is 0 Å². The number of unbranched alkanes of at least 4 members (excludes halogenated alkanes) is 5. The van der Waals surface area contributed by atoms with Crippen molar-refractivity contribution in [1.29, 1.82) is 0 Å². The molecule has 0 aliphatic rings. The lowest BCUT2D eigenvalue weighted by Gasteiger charge is -2.09. The molecule has 124 valence electrons. The molecular weight excluding hydrogens is 276 g/mol. The molecule has 0 heterocycles. The van der Waals surface area contributed by atoms with Crippen LogP contribution in [0.3, 0.4) is 0 Å². The fourth-order valence-corrected chi connectivity index (χ4v) is 2.32. The first-order valence-corrected chi connectivity index (χ1v) is 8.43. The largest absolute Gasteiger partial charge is 0.494 e. The highest BCUT2D eigenvalue weighted by Gasteiger charge is 2.00. The Kier molecular flexibility index (Phi) is 9.36. The van der Waals surface area contributed by atoms with Crippen molar-refractivity contribution in [3.8, 4) is 5.75 Å². The van der Waals surface area contributed by atoms with Gasteiger partial charge in [-0.1, -0.05) is 51.7 Å². The van der Waals surface area contributed by atoms with Crippen LogP contribution in [0.15, 0.2) is 24.3 Å². The molecule has 0 spiro atoms. The monoisotopic (exact) mass is 306 g/mol. The first-order valence-electron chi connectivity index (χ1n) is 8.43. The molecule has 0 saturated carbocycles. The second-order valence-corrected chi connectivity index (χ2v) is 6.02. The van der Waals surface area contributed by atoms with Gasteiger partial charge in [-0.2, -0.15) is 0 Å². The van der Waals surface area contributed by atoms with Gasteiger partial charge in [0.15, 0.2) is 0 Å². The van der Waals surface area contributed by atoms with Gasteiger partial charge in [-0.15, -0.1) is 0 Å². The maximum absolute atomic E-state index is 10.9. The van der Waals surface area contributed by atoms with Gasteiger partial charge in [0, 0.05) is 6.42 Å². The van der Waals surface area contributed by atoms with Gasteiger partial charge in [0.2, 0.25) is 0 Å². The highest BCUT2D eigenvalue weighted by atomic mass is 16.5. The fraction of sp³-hybridized carbons (Fsp3) is 0.632. The highest BCUT2D eigenvalue weighted by molar-refractivity contribution is 5.68. The van der Waals surface area contributed by atoms with E-state index in [1.165, 1.54) is 31.9 Å². The van der Waals surface area contributed by atoms with Crippen molar-refractivity contribution >= 4 is 5.97 Å². The van der Waals surface area contributed by atoms with Crippen LogP contribution in [0, 0.1) is 0 Å². The summed E-state index contributed by atoms with van der Waals surface area (Å²) in [5.74, 6) is 1.42. The van der Waals surface area contributed by atoms with E-state index >= 15 is 0 Å². The van der Waals surface area contributed by atoms with Crippen LogP contribution in [0.2, 0.25) is 0 Å². The van der Waals surface area contributed by atoms with Gasteiger partial charge in [-0.05, 0) is 36.5 Å². The van der Waals surface area contributed by atoms with Gasteiger partial charge in [0.25, 0.3) is 0 Å². The summed E-state index contributed by atoms with van der Waals surface area (Å²) < 4.78 is 10.4. The molecule has 0 aromatic heterocycles. The van der Waals surface area contributed by atoms with Gasteiger partial charge in [0.1, 0.15) is 5.75 Å². The zero-order valence-corrected chi connectivity index (χ0v) is 14.3. The lowest BCUT2D eigenvalue weighted by atomic mass is 10.0. The summed E-state index contributed by atoms with van der Waals surface area (Å²) >= 11 is 0. The Morgan fingerprint density at radius 3 is 2.14 bits per heavy atom. The van der Waals surface area contributed by atoms with E-state index in [-0.39, 0.29) is 5.97 Å². The zero-order chi connectivity index (χ0) is 16.2. The summed E-state index contributed by atoms with van der Waals surface area (Å²) in [5.41, 5.74) is 1.35. The van der Waals surface area contributed by atoms with Crippen LogP contribution in [0.4, 0.5) is 0 Å². The Hall–Kier alpha value is -1.51. The third kappa shape index (κ3) is 8.06. The van der Waals surface area contributed by atoms with E-state index in [0.29, 0.717) is 12.3 Å². The number of rotatable bonds is 11. The van der Waals surface area contributed by atoms with Crippen LogP contribution >= 0.6 is 0 Å². The van der Waals surface area contributed by atoms with Gasteiger partial charge in [-0.25, -0.2) is 0 Å². The Morgan fingerprint density at radius 1 is 0.955 bits per heavy atom. The molecule has 0 fully saturated rings. The Morgan fingerprint density at radius 2 is 1.55 bits per heavy atom. The molecule has 1 aromatic rings. The predicted molar refractivity (Wildman–Crippen MR) is 90.4 cm³/mol. The second kappa shape index (κ2) is 11.1. The van der Waals surface area contributed by atoms with Gasteiger partial charge >= 0.3 is 5.97 Å². The minimum Gasteiger partial charge on any atom is -0.494 e. The number of hydrogen-bond donors (Lipinski definition) is 0. The molecule has 3 nitrogen and oxygen atoms in total. The molecule has 0 atom stereocenters. The number of carbonyl (C=O) groups is 1. The molecule has 0 bridgehead atoms. The lowest BCUT2D eigenvalue weighted by molar-refractivity contribution is -0.140. The summed E-state index contributed by atoms with van der Waals surface area (Å²) in [6, 6.07) is 8.40. The highest BCUT2D eigenvalue weighted by Crippen LogP contribution is 2.18. The quantitative estimate of drug-likeness (QED) is 0.422. The molecule has 1 rings (SSSR count). The van der Waals surface area contributed by atoms with E-state index in [1.807, 2.05) is 0 Å². The van der Waals surface area contributed by atoms with Crippen molar-refractivity contribution in [2.45, 2.75) is 64.7 Å². The van der Waals surface area contributed by atoms with Crippen molar-refractivity contribution in [3.63, 3.8) is 0 Å². The molecule has 1 aromatic carbocycles. The van der Waals surface area contributed by atoms with E-state index in [0.717, 1.165) is 31.6 Å². The average molecular weight is 306 g/mol. The third-order valence-electron chi connectivity index (χ3n) is 3.82. The number of hydrogen-bond acceptors (Lipinski definition) is 3. The zero-order valence-electron chi connectivity index (χ0n) is 14.3. The molecule has 0 radical (unpaired) electrons. The second-order valence-electron chi connectivity index (χ2n) is 6.02. The van der Waals surface area contributed by atoms with E-state index in [2.05, 4.69) is 42.8 Å². The molecule has 0 aliphatic carbocycles. The summed E-state index contributed by atoms with van der Waals surface area (Å²) in [6.45, 7) is 5.17. The topological polar surface area (TPSA) is 35.5 Å². The summed E-state index contributed by atoms with van der Waals surface area (Å²) in [4.78, 5) is 10.9. The van der Waals surface area contributed by atoms with Crippen LogP contribution in [-0.4, -0.2) is 19.7 Å². The molecule has 0 amide bonds. The van der Waals surface area contributed by atoms with Gasteiger partial charge in [0.05, 0.1) is 13.7 Å². The fourth-order valence-electron chi connectivity index (χ4n) is 2.32. The van der Waals surface area contributed by atoms with Gasteiger partial charge in [-0.3, -0.25) is 4.79 Å². The van der Waals surface area contributed by atoms with E-state index in [4.69, 9.17) is 4.74 Å².